The molecule has 0 saturated carbocycles. The lowest BCUT2D eigenvalue weighted by molar-refractivity contribution is 0.251. The molecule has 0 atom stereocenters. The Kier molecular flexibility index (Phi) is 7.11. The van der Waals surface area contributed by atoms with Crippen molar-refractivity contribution >= 4 is 33.2 Å². The Balaban J connectivity index is 1.34. The Hall–Kier alpha value is -3.07. The van der Waals surface area contributed by atoms with Gasteiger partial charge in [-0.2, -0.15) is 0 Å². The minimum Gasteiger partial charge on any atom is -0.495 e. The Morgan fingerprint density at radius 2 is 1.71 bits per heavy atom. The molecule has 2 amide bonds. The van der Waals surface area contributed by atoms with Gasteiger partial charge in [0.25, 0.3) is 0 Å². The van der Waals surface area contributed by atoms with E-state index in [0.29, 0.717) is 16.5 Å². The number of benzene rings is 3. The maximum absolute atomic E-state index is 12.9. The molecule has 3 aromatic rings. The molecule has 3 aromatic carbocycles. The maximum atomic E-state index is 12.9. The zero-order chi connectivity index (χ0) is 24.3. The van der Waals surface area contributed by atoms with Crippen molar-refractivity contribution in [1.29, 1.82) is 0 Å². The monoisotopic (exact) mass is 499 g/mol. The molecule has 1 aliphatic rings. The van der Waals surface area contributed by atoms with Gasteiger partial charge in [0.2, 0.25) is 0 Å². The van der Waals surface area contributed by atoms with Crippen LogP contribution < -0.4 is 15.4 Å². The predicted molar refractivity (Wildman–Crippen MR) is 133 cm³/mol. The first-order valence-electron chi connectivity index (χ1n) is 10.7. The van der Waals surface area contributed by atoms with Gasteiger partial charge in [0.1, 0.15) is 5.75 Å². The number of halogens is 1. The van der Waals surface area contributed by atoms with Crippen LogP contribution in [-0.2, 0) is 35.2 Å². The highest BCUT2D eigenvalue weighted by Gasteiger charge is 2.19. The lowest BCUT2D eigenvalue weighted by Crippen LogP contribution is -2.28. The molecular weight excluding hydrogens is 474 g/mol. The van der Waals surface area contributed by atoms with Gasteiger partial charge < -0.3 is 15.4 Å². The number of ether oxygens (including phenoxy) is 1. The summed E-state index contributed by atoms with van der Waals surface area (Å²) < 4.78 is 30.9. The van der Waals surface area contributed by atoms with Crippen LogP contribution in [0.15, 0.2) is 65.6 Å². The van der Waals surface area contributed by atoms with Crippen molar-refractivity contribution < 1.29 is 17.9 Å². The van der Waals surface area contributed by atoms with Crippen LogP contribution in [0.3, 0.4) is 0 Å². The van der Waals surface area contributed by atoms with Gasteiger partial charge in [-0.3, -0.25) is 4.90 Å². The van der Waals surface area contributed by atoms with E-state index in [0.717, 1.165) is 24.2 Å². The first-order valence-corrected chi connectivity index (χ1v) is 12.8. The van der Waals surface area contributed by atoms with E-state index in [4.69, 9.17) is 16.3 Å². The zero-order valence-electron chi connectivity index (χ0n) is 19.0. The fourth-order valence-electron chi connectivity index (χ4n) is 3.93. The summed E-state index contributed by atoms with van der Waals surface area (Å²) >= 11 is 6.10. The molecule has 1 heterocycles. The SMILES string of the molecule is COc1ccc(CNC(=O)Nc2ccc(S(=O)(=O)Cc3ccc4c(c3)CN(C)C4)cc2)cc1Cl. The predicted octanol–water partition coefficient (Wildman–Crippen LogP) is 4.59. The molecule has 0 aromatic heterocycles. The van der Waals surface area contributed by atoms with E-state index in [9.17, 15) is 13.2 Å². The molecule has 0 fully saturated rings. The minimum absolute atomic E-state index is 0.0678. The first kappa shape index (κ1) is 24.1. The third-order valence-corrected chi connectivity index (χ3v) is 7.65. The van der Waals surface area contributed by atoms with Crippen molar-refractivity contribution in [2.75, 3.05) is 19.5 Å². The second-order valence-corrected chi connectivity index (χ2v) is 10.7. The number of nitrogens with one attached hydrogen (secondary N) is 2. The van der Waals surface area contributed by atoms with Gasteiger partial charge in [-0.25, -0.2) is 13.2 Å². The Labute approximate surface area is 204 Å². The average Bonchev–Trinajstić information content (AvgIpc) is 3.17. The minimum atomic E-state index is -3.51. The van der Waals surface area contributed by atoms with E-state index in [1.807, 2.05) is 31.3 Å². The van der Waals surface area contributed by atoms with Gasteiger partial charge >= 0.3 is 6.03 Å². The van der Waals surface area contributed by atoms with E-state index in [2.05, 4.69) is 15.5 Å². The summed E-state index contributed by atoms with van der Waals surface area (Å²) in [4.78, 5) is 14.6. The number of fused-ring (bicyclic) bond motifs is 1. The highest BCUT2D eigenvalue weighted by Crippen LogP contribution is 2.26. The molecule has 0 spiro atoms. The van der Waals surface area contributed by atoms with Crippen molar-refractivity contribution in [3.05, 3.63) is 87.9 Å². The fourth-order valence-corrected chi connectivity index (χ4v) is 5.55. The first-order chi connectivity index (χ1) is 16.2. The number of nitrogens with zero attached hydrogens (tertiary/aromatic N) is 1. The molecule has 0 aliphatic carbocycles. The standard InChI is InChI=1S/C25H26ClN3O4S/c1-29-14-19-5-3-18(11-20(19)15-29)16-34(31,32)22-8-6-21(7-9-22)28-25(30)27-13-17-4-10-24(33-2)23(26)12-17/h3-12H,13-16H2,1-2H3,(H2,27,28,30). The van der Waals surface area contributed by atoms with Crippen molar-refractivity contribution in [1.82, 2.24) is 10.2 Å². The van der Waals surface area contributed by atoms with Gasteiger partial charge in [-0.05, 0) is 65.7 Å². The van der Waals surface area contributed by atoms with E-state index < -0.39 is 15.9 Å². The summed E-state index contributed by atoms with van der Waals surface area (Å²) in [5.41, 5.74) is 4.50. The van der Waals surface area contributed by atoms with E-state index in [1.54, 1.807) is 24.3 Å². The number of anilines is 1. The number of rotatable bonds is 7. The molecule has 0 bridgehead atoms. The molecule has 4 rings (SSSR count). The number of sulfone groups is 1. The van der Waals surface area contributed by atoms with Gasteiger partial charge in [-0.1, -0.05) is 35.9 Å². The molecular formula is C25H26ClN3O4S. The number of amides is 2. The quantitative estimate of drug-likeness (QED) is 0.496. The van der Waals surface area contributed by atoms with Crippen molar-refractivity contribution in [3.8, 4) is 5.75 Å². The van der Waals surface area contributed by atoms with Crippen LogP contribution in [0.5, 0.6) is 5.75 Å². The van der Waals surface area contributed by atoms with Crippen LogP contribution in [-0.4, -0.2) is 33.5 Å². The summed E-state index contributed by atoms with van der Waals surface area (Å²) in [6.45, 7) is 1.99. The molecule has 2 N–H and O–H groups in total. The third kappa shape index (κ3) is 5.70. The van der Waals surface area contributed by atoms with Crippen molar-refractivity contribution in [2.24, 2.45) is 0 Å². The zero-order valence-corrected chi connectivity index (χ0v) is 20.5. The molecule has 7 nitrogen and oxygen atoms in total. The molecule has 178 valence electrons. The Morgan fingerprint density at radius 1 is 1.00 bits per heavy atom. The summed E-state index contributed by atoms with van der Waals surface area (Å²) in [7, 11) is 0.0690. The van der Waals surface area contributed by atoms with E-state index in [-0.39, 0.29) is 17.2 Å². The lowest BCUT2D eigenvalue weighted by Gasteiger charge is -2.10. The van der Waals surface area contributed by atoms with Crippen LogP contribution in [0.4, 0.5) is 10.5 Å². The van der Waals surface area contributed by atoms with Gasteiger partial charge in [-0.15, -0.1) is 0 Å². The highest BCUT2D eigenvalue weighted by atomic mass is 35.5. The highest BCUT2D eigenvalue weighted by molar-refractivity contribution is 7.90. The Morgan fingerprint density at radius 3 is 2.41 bits per heavy atom. The topological polar surface area (TPSA) is 87.7 Å². The largest absolute Gasteiger partial charge is 0.495 e. The van der Waals surface area contributed by atoms with Crippen molar-refractivity contribution in [2.45, 2.75) is 30.3 Å². The van der Waals surface area contributed by atoms with Crippen LogP contribution >= 0.6 is 11.6 Å². The average molecular weight is 500 g/mol. The number of methoxy groups -OCH3 is 1. The van der Waals surface area contributed by atoms with Crippen molar-refractivity contribution in [3.63, 3.8) is 0 Å². The summed E-state index contributed by atoms with van der Waals surface area (Å²) in [5.74, 6) is 0.496. The summed E-state index contributed by atoms with van der Waals surface area (Å²) in [6, 6.07) is 16.9. The van der Waals surface area contributed by atoms with E-state index in [1.165, 1.54) is 30.4 Å². The normalized spacial score (nSPS) is 13.4. The van der Waals surface area contributed by atoms with Crippen LogP contribution in [0.25, 0.3) is 0 Å². The van der Waals surface area contributed by atoms with E-state index >= 15 is 0 Å². The molecule has 34 heavy (non-hydrogen) atoms. The number of carbonyl (C=O) groups excluding carboxylic acids is 1. The van der Waals surface area contributed by atoms with Gasteiger partial charge in [0, 0.05) is 25.3 Å². The second kappa shape index (κ2) is 10.0. The molecule has 9 heteroatoms. The maximum Gasteiger partial charge on any atom is 0.319 e. The number of carbonyl (C=O) groups is 1. The smallest absolute Gasteiger partial charge is 0.319 e. The molecule has 0 saturated heterocycles. The summed E-state index contributed by atoms with van der Waals surface area (Å²) in [5, 5.41) is 5.91. The number of urea groups is 1. The van der Waals surface area contributed by atoms with Gasteiger partial charge in [0.05, 0.1) is 22.8 Å². The molecule has 0 radical (unpaired) electrons. The summed E-state index contributed by atoms with van der Waals surface area (Å²) in [6.07, 6.45) is 0. The Bertz CT molecular complexity index is 1310. The lowest BCUT2D eigenvalue weighted by atomic mass is 10.1. The third-order valence-electron chi connectivity index (χ3n) is 5.65. The number of hydrogen-bond acceptors (Lipinski definition) is 5. The van der Waals surface area contributed by atoms with Crippen LogP contribution in [0.2, 0.25) is 5.02 Å². The van der Waals surface area contributed by atoms with Crippen LogP contribution in [0.1, 0.15) is 22.3 Å². The fraction of sp³-hybridized carbons (Fsp3) is 0.240. The van der Waals surface area contributed by atoms with Gasteiger partial charge in [0.15, 0.2) is 9.84 Å². The van der Waals surface area contributed by atoms with Crippen LogP contribution in [0, 0.1) is 0 Å². The molecule has 0 unspecified atom stereocenters. The molecule has 1 aliphatic heterocycles. The number of hydrogen-bond donors (Lipinski definition) is 2. The second-order valence-electron chi connectivity index (χ2n) is 8.34.